The number of benzene rings is 1. The molecule has 2 aromatic rings. The minimum atomic E-state index is -4.74. The molecule has 110 valence electrons. The van der Waals surface area contributed by atoms with Gasteiger partial charge in [-0.2, -0.15) is 0 Å². The van der Waals surface area contributed by atoms with E-state index in [1.54, 1.807) is 0 Å². The van der Waals surface area contributed by atoms with E-state index in [0.29, 0.717) is 5.69 Å². The van der Waals surface area contributed by atoms with Crippen molar-refractivity contribution in [3.63, 3.8) is 0 Å². The number of rotatable bonds is 4. The van der Waals surface area contributed by atoms with Crippen LogP contribution in [0.15, 0.2) is 36.7 Å². The van der Waals surface area contributed by atoms with Gasteiger partial charge in [0.2, 0.25) is 0 Å². The van der Waals surface area contributed by atoms with E-state index in [-0.39, 0.29) is 17.3 Å². The van der Waals surface area contributed by atoms with Crippen LogP contribution in [0.2, 0.25) is 0 Å². The Morgan fingerprint density at radius 2 is 1.81 bits per heavy atom. The first kappa shape index (κ1) is 14.6. The van der Waals surface area contributed by atoms with Crippen LogP contribution in [0.1, 0.15) is 10.5 Å². The molecule has 0 radical (unpaired) electrons. The zero-order valence-electron chi connectivity index (χ0n) is 10.3. The summed E-state index contributed by atoms with van der Waals surface area (Å²) in [6, 6.07) is 4.98. The summed E-state index contributed by atoms with van der Waals surface area (Å²) in [5.41, 5.74) is 0.233. The highest BCUT2D eigenvalue weighted by molar-refractivity contribution is 5.85. The first-order valence-corrected chi connectivity index (χ1v) is 5.52. The first-order chi connectivity index (χ1) is 9.83. The van der Waals surface area contributed by atoms with E-state index in [1.807, 2.05) is 0 Å². The summed E-state index contributed by atoms with van der Waals surface area (Å²) < 4.78 is 39.7. The number of halogens is 3. The van der Waals surface area contributed by atoms with Crippen molar-refractivity contribution in [2.45, 2.75) is 6.36 Å². The third-order valence-corrected chi connectivity index (χ3v) is 2.23. The number of carboxylic acid groups (broad SMARTS) is 1. The Balaban J connectivity index is 2.04. The standard InChI is InChI=1S/C12H8F3N3O3/c13-12(14,15)21-8-3-1-7(2-4-8)18-10-6-16-9(5-17-10)11(19)20/h1-6H,(H,17,18)(H,19,20). The molecule has 1 heterocycles. The van der Waals surface area contributed by atoms with E-state index in [9.17, 15) is 18.0 Å². The Bertz CT molecular complexity index is 627. The van der Waals surface area contributed by atoms with E-state index in [0.717, 1.165) is 18.3 Å². The summed E-state index contributed by atoms with van der Waals surface area (Å²) in [7, 11) is 0. The molecular formula is C12H8F3N3O3. The lowest BCUT2D eigenvalue weighted by molar-refractivity contribution is -0.274. The maximum absolute atomic E-state index is 12.0. The largest absolute Gasteiger partial charge is 0.573 e. The molecule has 6 nitrogen and oxygen atoms in total. The summed E-state index contributed by atoms with van der Waals surface area (Å²) in [6.07, 6.45) is -2.48. The minimum absolute atomic E-state index is 0.213. The summed E-state index contributed by atoms with van der Waals surface area (Å²) in [5.74, 6) is -1.30. The van der Waals surface area contributed by atoms with Gasteiger partial charge in [-0.3, -0.25) is 0 Å². The Labute approximate surface area is 116 Å². The zero-order chi connectivity index (χ0) is 15.5. The van der Waals surface area contributed by atoms with Gasteiger partial charge in [0.15, 0.2) is 5.69 Å². The van der Waals surface area contributed by atoms with Crippen LogP contribution >= 0.6 is 0 Å². The van der Waals surface area contributed by atoms with Gasteiger partial charge < -0.3 is 15.2 Å². The second kappa shape index (κ2) is 5.65. The number of nitrogens with zero attached hydrogens (tertiary/aromatic N) is 2. The lowest BCUT2D eigenvalue weighted by atomic mass is 10.3. The van der Waals surface area contributed by atoms with Crippen LogP contribution in [0.5, 0.6) is 5.75 Å². The fourth-order valence-electron chi connectivity index (χ4n) is 1.39. The number of ether oxygens (including phenoxy) is 1. The average molecular weight is 299 g/mol. The third kappa shape index (κ3) is 4.34. The van der Waals surface area contributed by atoms with E-state index < -0.39 is 12.3 Å². The number of aromatic nitrogens is 2. The van der Waals surface area contributed by atoms with Gasteiger partial charge >= 0.3 is 12.3 Å². The maximum Gasteiger partial charge on any atom is 0.573 e. The lowest BCUT2D eigenvalue weighted by Crippen LogP contribution is -2.16. The van der Waals surface area contributed by atoms with Crippen LogP contribution < -0.4 is 10.1 Å². The molecule has 2 rings (SSSR count). The number of carboxylic acids is 1. The summed E-state index contributed by atoms with van der Waals surface area (Å²) >= 11 is 0. The monoisotopic (exact) mass is 299 g/mol. The van der Waals surface area contributed by atoms with Crippen molar-refractivity contribution in [2.24, 2.45) is 0 Å². The molecule has 0 fully saturated rings. The predicted octanol–water partition coefficient (Wildman–Crippen LogP) is 2.82. The van der Waals surface area contributed by atoms with Crippen molar-refractivity contribution in [1.82, 2.24) is 9.97 Å². The molecule has 1 aromatic heterocycles. The zero-order valence-corrected chi connectivity index (χ0v) is 10.3. The molecule has 0 aliphatic heterocycles. The number of anilines is 2. The predicted molar refractivity (Wildman–Crippen MR) is 65.4 cm³/mol. The van der Waals surface area contributed by atoms with Gasteiger partial charge in [-0.15, -0.1) is 13.2 Å². The minimum Gasteiger partial charge on any atom is -0.476 e. The van der Waals surface area contributed by atoms with Crippen LogP contribution in [0, 0.1) is 0 Å². The fourth-order valence-corrected chi connectivity index (χ4v) is 1.39. The van der Waals surface area contributed by atoms with Crippen molar-refractivity contribution < 1.29 is 27.8 Å². The topological polar surface area (TPSA) is 84.3 Å². The number of hydrogen-bond donors (Lipinski definition) is 2. The van der Waals surface area contributed by atoms with Gasteiger partial charge in [0, 0.05) is 5.69 Å². The van der Waals surface area contributed by atoms with Crippen molar-refractivity contribution in [3.8, 4) is 5.75 Å². The normalized spacial score (nSPS) is 11.0. The quantitative estimate of drug-likeness (QED) is 0.903. The van der Waals surface area contributed by atoms with E-state index in [2.05, 4.69) is 20.0 Å². The molecule has 0 bridgehead atoms. The molecule has 9 heteroatoms. The van der Waals surface area contributed by atoms with Gasteiger partial charge in [0.1, 0.15) is 11.6 Å². The van der Waals surface area contributed by atoms with Crippen LogP contribution in [0.4, 0.5) is 24.7 Å². The number of hydrogen-bond acceptors (Lipinski definition) is 5. The van der Waals surface area contributed by atoms with Crippen molar-refractivity contribution in [1.29, 1.82) is 0 Å². The first-order valence-electron chi connectivity index (χ1n) is 5.52. The van der Waals surface area contributed by atoms with E-state index in [4.69, 9.17) is 5.11 Å². The second-order valence-electron chi connectivity index (χ2n) is 3.79. The molecule has 0 spiro atoms. The number of nitrogens with one attached hydrogen (secondary N) is 1. The smallest absolute Gasteiger partial charge is 0.476 e. The van der Waals surface area contributed by atoms with E-state index in [1.165, 1.54) is 18.3 Å². The van der Waals surface area contributed by atoms with Crippen molar-refractivity contribution >= 4 is 17.5 Å². The molecule has 21 heavy (non-hydrogen) atoms. The number of aromatic carboxylic acids is 1. The van der Waals surface area contributed by atoms with Crippen molar-refractivity contribution in [2.75, 3.05) is 5.32 Å². The van der Waals surface area contributed by atoms with Crippen LogP contribution in [-0.2, 0) is 0 Å². The summed E-state index contributed by atoms with van der Waals surface area (Å²) in [6.45, 7) is 0. The van der Waals surface area contributed by atoms with Gasteiger partial charge in [-0.25, -0.2) is 14.8 Å². The lowest BCUT2D eigenvalue weighted by Gasteiger charge is -2.10. The molecule has 0 amide bonds. The Morgan fingerprint density at radius 3 is 2.29 bits per heavy atom. The van der Waals surface area contributed by atoms with Gasteiger partial charge in [-0.1, -0.05) is 0 Å². The van der Waals surface area contributed by atoms with Crippen LogP contribution in [0.25, 0.3) is 0 Å². The molecule has 0 aliphatic rings. The summed E-state index contributed by atoms with van der Waals surface area (Å²) in [4.78, 5) is 18.0. The average Bonchev–Trinajstić information content (AvgIpc) is 2.40. The molecule has 0 aliphatic carbocycles. The molecule has 0 saturated heterocycles. The third-order valence-electron chi connectivity index (χ3n) is 2.23. The van der Waals surface area contributed by atoms with E-state index >= 15 is 0 Å². The van der Waals surface area contributed by atoms with Crippen molar-refractivity contribution in [3.05, 3.63) is 42.4 Å². The Kier molecular flexibility index (Phi) is 3.92. The van der Waals surface area contributed by atoms with Crippen LogP contribution in [-0.4, -0.2) is 27.4 Å². The van der Waals surface area contributed by atoms with Gasteiger partial charge in [0.05, 0.1) is 12.4 Å². The molecule has 2 N–H and O–H groups in total. The van der Waals surface area contributed by atoms with Gasteiger partial charge in [-0.05, 0) is 24.3 Å². The maximum atomic E-state index is 12.0. The SMILES string of the molecule is O=C(O)c1cnc(Nc2ccc(OC(F)(F)F)cc2)cn1. The molecule has 0 unspecified atom stereocenters. The van der Waals surface area contributed by atoms with Gasteiger partial charge in [0.25, 0.3) is 0 Å². The molecular weight excluding hydrogens is 291 g/mol. The van der Waals surface area contributed by atoms with Crippen LogP contribution in [0.3, 0.4) is 0 Å². The second-order valence-corrected chi connectivity index (χ2v) is 3.79. The Hall–Kier alpha value is -2.84. The Morgan fingerprint density at radius 1 is 1.14 bits per heavy atom. The fraction of sp³-hybridized carbons (Fsp3) is 0.0833. The number of carbonyl (C=O) groups is 1. The highest BCUT2D eigenvalue weighted by atomic mass is 19.4. The number of alkyl halides is 3. The highest BCUT2D eigenvalue weighted by Gasteiger charge is 2.30. The molecule has 0 saturated carbocycles. The molecule has 0 atom stereocenters. The summed E-state index contributed by atoms with van der Waals surface area (Å²) in [5, 5.41) is 11.4. The highest BCUT2D eigenvalue weighted by Crippen LogP contribution is 2.24. The molecule has 1 aromatic carbocycles.